The zero-order valence-corrected chi connectivity index (χ0v) is 15.4. The molecule has 2 heterocycles. The van der Waals surface area contributed by atoms with Crippen molar-refractivity contribution in [3.05, 3.63) is 46.8 Å². The summed E-state index contributed by atoms with van der Waals surface area (Å²) in [5, 5.41) is 13.8. The molecule has 0 radical (unpaired) electrons. The number of morpholine rings is 1. The smallest absolute Gasteiger partial charge is 0.305 e. The number of carboxylic acids is 1. The summed E-state index contributed by atoms with van der Waals surface area (Å²) in [5.74, 6) is -1.12. The number of aryl methyl sites for hydroxylation is 1. The summed E-state index contributed by atoms with van der Waals surface area (Å²) in [6.07, 6.45) is 2.61. The minimum absolute atomic E-state index is 0.118. The van der Waals surface area contributed by atoms with Gasteiger partial charge in [-0.05, 0) is 38.3 Å². The number of carbonyl (C=O) groups excluding carboxylic acids is 1. The first kappa shape index (κ1) is 17.7. The molecule has 1 saturated heterocycles. The number of carboxylic acid groups (broad SMARTS) is 1. The Kier molecular flexibility index (Phi) is 4.70. The van der Waals surface area contributed by atoms with E-state index in [2.05, 4.69) is 5.10 Å². The number of ether oxygens (including phenoxy) is 1. The summed E-state index contributed by atoms with van der Waals surface area (Å²) in [5.41, 5.74) is 4.66. The number of aromatic nitrogens is 2. The molecule has 1 aromatic carbocycles. The van der Waals surface area contributed by atoms with Gasteiger partial charge in [-0.2, -0.15) is 5.10 Å². The van der Waals surface area contributed by atoms with Crippen LogP contribution in [0, 0.1) is 6.92 Å². The van der Waals surface area contributed by atoms with Crippen LogP contribution in [-0.2, 0) is 22.4 Å². The average Bonchev–Trinajstić information content (AvgIpc) is 3.24. The number of hydrogen-bond acceptors (Lipinski definition) is 4. The van der Waals surface area contributed by atoms with Gasteiger partial charge in [0.2, 0.25) is 0 Å². The molecule has 1 unspecified atom stereocenters. The molecule has 1 atom stereocenters. The summed E-state index contributed by atoms with van der Waals surface area (Å²) in [6, 6.07) is 7.63. The van der Waals surface area contributed by atoms with Gasteiger partial charge >= 0.3 is 5.97 Å². The van der Waals surface area contributed by atoms with Crippen LogP contribution in [0.15, 0.2) is 24.3 Å². The van der Waals surface area contributed by atoms with Gasteiger partial charge in [0.1, 0.15) is 0 Å². The van der Waals surface area contributed by atoms with Gasteiger partial charge in [-0.3, -0.25) is 9.59 Å². The van der Waals surface area contributed by atoms with Crippen LogP contribution < -0.4 is 0 Å². The molecule has 27 heavy (non-hydrogen) atoms. The molecule has 7 heteroatoms. The number of amides is 1. The Labute approximate surface area is 157 Å². The molecule has 7 nitrogen and oxygen atoms in total. The Hall–Kier alpha value is -2.67. The molecule has 142 valence electrons. The van der Waals surface area contributed by atoms with E-state index in [0.29, 0.717) is 18.8 Å². The molecule has 0 bridgehead atoms. The molecular weight excluding hydrogens is 346 g/mol. The fraction of sp³-hybridized carbons (Fsp3) is 0.450. The number of benzene rings is 1. The van der Waals surface area contributed by atoms with E-state index >= 15 is 0 Å². The minimum atomic E-state index is -0.932. The van der Waals surface area contributed by atoms with E-state index in [4.69, 9.17) is 9.84 Å². The maximum atomic E-state index is 13.3. The highest BCUT2D eigenvalue weighted by atomic mass is 16.5. The van der Waals surface area contributed by atoms with E-state index in [1.54, 1.807) is 4.90 Å². The van der Waals surface area contributed by atoms with Crippen LogP contribution in [0.3, 0.4) is 0 Å². The van der Waals surface area contributed by atoms with Gasteiger partial charge in [0.25, 0.3) is 5.91 Å². The maximum Gasteiger partial charge on any atom is 0.305 e. The fourth-order valence-electron chi connectivity index (χ4n) is 3.94. The third-order valence-corrected chi connectivity index (χ3v) is 5.31. The van der Waals surface area contributed by atoms with E-state index < -0.39 is 12.0 Å². The van der Waals surface area contributed by atoms with Crippen molar-refractivity contribution in [2.45, 2.75) is 38.6 Å². The number of fused-ring (bicyclic) bond motifs is 1. The molecule has 4 rings (SSSR count). The van der Waals surface area contributed by atoms with Gasteiger partial charge in [-0.1, -0.05) is 17.7 Å². The van der Waals surface area contributed by atoms with Crippen LogP contribution in [0.5, 0.6) is 0 Å². The van der Waals surface area contributed by atoms with E-state index in [9.17, 15) is 9.59 Å². The summed E-state index contributed by atoms with van der Waals surface area (Å²) in [7, 11) is 0. The van der Waals surface area contributed by atoms with Crippen LogP contribution >= 0.6 is 0 Å². The van der Waals surface area contributed by atoms with Crippen molar-refractivity contribution in [3.8, 4) is 5.69 Å². The molecule has 1 fully saturated rings. The third kappa shape index (κ3) is 3.35. The molecule has 1 amide bonds. The van der Waals surface area contributed by atoms with Gasteiger partial charge in [-0.25, -0.2) is 4.68 Å². The van der Waals surface area contributed by atoms with Crippen LogP contribution in [0.4, 0.5) is 0 Å². The van der Waals surface area contributed by atoms with Crippen LogP contribution in [0.1, 0.15) is 40.2 Å². The lowest BCUT2D eigenvalue weighted by molar-refractivity contribution is -0.139. The first-order chi connectivity index (χ1) is 13.0. The summed E-state index contributed by atoms with van der Waals surface area (Å²) in [6.45, 7) is 3.10. The third-order valence-electron chi connectivity index (χ3n) is 5.31. The van der Waals surface area contributed by atoms with E-state index in [-0.39, 0.29) is 18.9 Å². The monoisotopic (exact) mass is 369 g/mol. The molecule has 2 aliphatic rings. The molecule has 0 saturated carbocycles. The average molecular weight is 369 g/mol. The molecule has 1 N–H and O–H groups in total. The first-order valence-corrected chi connectivity index (χ1v) is 9.33. The predicted molar refractivity (Wildman–Crippen MR) is 98.2 cm³/mol. The Bertz CT molecular complexity index is 872. The second-order valence-corrected chi connectivity index (χ2v) is 7.20. The molecule has 2 aromatic rings. The Morgan fingerprint density at radius 3 is 2.78 bits per heavy atom. The lowest BCUT2D eigenvalue weighted by Gasteiger charge is -2.34. The molecule has 0 spiro atoms. The number of hydrogen-bond donors (Lipinski definition) is 1. The van der Waals surface area contributed by atoms with Crippen molar-refractivity contribution in [3.63, 3.8) is 0 Å². The fourth-order valence-corrected chi connectivity index (χ4v) is 3.94. The highest BCUT2D eigenvalue weighted by molar-refractivity contribution is 5.95. The summed E-state index contributed by atoms with van der Waals surface area (Å²) >= 11 is 0. The van der Waals surface area contributed by atoms with Crippen LogP contribution in [0.2, 0.25) is 0 Å². The summed E-state index contributed by atoms with van der Waals surface area (Å²) < 4.78 is 7.27. The lowest BCUT2D eigenvalue weighted by Crippen LogP contribution is -2.49. The normalized spacial score (nSPS) is 19.1. The Morgan fingerprint density at radius 1 is 1.26 bits per heavy atom. The molecule has 1 aliphatic carbocycles. The number of rotatable bonds is 4. The summed E-state index contributed by atoms with van der Waals surface area (Å²) in [4.78, 5) is 26.0. The lowest BCUT2D eigenvalue weighted by atomic mass is 10.1. The van der Waals surface area contributed by atoms with Gasteiger partial charge < -0.3 is 14.7 Å². The minimum Gasteiger partial charge on any atom is -0.481 e. The zero-order chi connectivity index (χ0) is 19.0. The molecule has 1 aromatic heterocycles. The highest BCUT2D eigenvalue weighted by Gasteiger charge is 2.34. The first-order valence-electron chi connectivity index (χ1n) is 9.33. The van der Waals surface area contributed by atoms with Crippen LogP contribution in [0.25, 0.3) is 5.69 Å². The van der Waals surface area contributed by atoms with Crippen molar-refractivity contribution in [2.24, 2.45) is 0 Å². The Balaban J connectivity index is 1.69. The standard InChI is InChI=1S/C20H23N3O4/c1-13-5-7-14(8-6-13)23-17-4-2-3-16(17)19(21-23)20(26)22-9-10-27-12-15(22)11-18(24)25/h5-8,15H,2-4,9-12H2,1H3,(H,24,25). The number of aliphatic carboxylic acids is 1. The van der Waals surface area contributed by atoms with Crippen molar-refractivity contribution in [2.75, 3.05) is 19.8 Å². The van der Waals surface area contributed by atoms with E-state index in [1.807, 2.05) is 35.9 Å². The van der Waals surface area contributed by atoms with Gasteiger partial charge in [0, 0.05) is 17.8 Å². The largest absolute Gasteiger partial charge is 0.481 e. The van der Waals surface area contributed by atoms with Gasteiger partial charge in [-0.15, -0.1) is 0 Å². The van der Waals surface area contributed by atoms with Crippen molar-refractivity contribution < 1.29 is 19.4 Å². The topological polar surface area (TPSA) is 84.7 Å². The highest BCUT2D eigenvalue weighted by Crippen LogP contribution is 2.29. The van der Waals surface area contributed by atoms with E-state index in [0.717, 1.165) is 36.2 Å². The van der Waals surface area contributed by atoms with Crippen molar-refractivity contribution in [1.29, 1.82) is 0 Å². The molecule has 1 aliphatic heterocycles. The van der Waals surface area contributed by atoms with Gasteiger partial charge in [0.15, 0.2) is 5.69 Å². The second kappa shape index (κ2) is 7.15. The van der Waals surface area contributed by atoms with Crippen molar-refractivity contribution >= 4 is 11.9 Å². The number of carbonyl (C=O) groups is 2. The Morgan fingerprint density at radius 2 is 2.04 bits per heavy atom. The quantitative estimate of drug-likeness (QED) is 0.891. The number of nitrogens with zero attached hydrogens (tertiary/aromatic N) is 3. The SMILES string of the molecule is Cc1ccc(-n2nc(C(=O)N3CCOCC3CC(=O)O)c3c2CCC3)cc1. The van der Waals surface area contributed by atoms with E-state index in [1.165, 1.54) is 5.56 Å². The van der Waals surface area contributed by atoms with Crippen molar-refractivity contribution in [1.82, 2.24) is 14.7 Å². The zero-order valence-electron chi connectivity index (χ0n) is 15.4. The molecular formula is C20H23N3O4. The predicted octanol–water partition coefficient (Wildman–Crippen LogP) is 1.99. The second-order valence-electron chi connectivity index (χ2n) is 7.20. The van der Waals surface area contributed by atoms with Crippen LogP contribution in [-0.4, -0.2) is 57.5 Å². The maximum absolute atomic E-state index is 13.3. The van der Waals surface area contributed by atoms with Gasteiger partial charge in [0.05, 0.1) is 31.4 Å².